The number of carbonyl (C=O) groups excluding carboxylic acids is 3. The van der Waals surface area contributed by atoms with Gasteiger partial charge in [-0.3, -0.25) is 14.4 Å². The zero-order chi connectivity index (χ0) is 25.0. The Morgan fingerprint density at radius 3 is 2.54 bits per heavy atom. The third kappa shape index (κ3) is 3.74. The first-order valence-electron chi connectivity index (χ1n) is 11.8. The number of benzene rings is 2. The van der Waals surface area contributed by atoms with Crippen molar-refractivity contribution in [1.29, 1.82) is 0 Å². The van der Waals surface area contributed by atoms with Gasteiger partial charge in [0.1, 0.15) is 6.04 Å². The molecule has 3 fully saturated rings. The van der Waals surface area contributed by atoms with Crippen molar-refractivity contribution in [3.8, 4) is 0 Å². The highest BCUT2D eigenvalue weighted by molar-refractivity contribution is 8.02. The number of aryl methyl sites for hydroxylation is 1. The van der Waals surface area contributed by atoms with Crippen LogP contribution >= 0.6 is 23.4 Å². The lowest BCUT2D eigenvalue weighted by Crippen LogP contribution is -2.52. The fourth-order valence-corrected chi connectivity index (χ4v) is 8.82. The Bertz CT molecular complexity index is 1170. The molecule has 2 aromatic carbocycles. The Hall–Kier alpha value is -2.55. The fraction of sp³-hybridized carbons (Fsp3) is 0.423. The number of para-hydroxylation sites is 2. The number of hydrogen-bond donors (Lipinski definition) is 3. The molecule has 9 heteroatoms. The van der Waals surface area contributed by atoms with Crippen LogP contribution in [0.1, 0.15) is 25.3 Å². The number of β-amino-alcohol motifs (C(OH)–C–C–N with tert-alkyl or cyclic N) is 1. The predicted octanol–water partition coefficient (Wildman–Crippen LogP) is 3.70. The molecule has 3 heterocycles. The molecule has 0 radical (unpaired) electrons. The Kier molecular flexibility index (Phi) is 6.10. The van der Waals surface area contributed by atoms with Gasteiger partial charge in [0.25, 0.3) is 0 Å². The van der Waals surface area contributed by atoms with Crippen molar-refractivity contribution < 1.29 is 19.5 Å². The number of halogens is 1. The van der Waals surface area contributed by atoms with Crippen molar-refractivity contribution in [2.24, 2.45) is 11.8 Å². The highest BCUT2D eigenvalue weighted by Crippen LogP contribution is 2.71. The molecule has 0 aromatic heterocycles. The average molecular weight is 514 g/mol. The number of likely N-dealkylation sites (tertiary alicyclic amines) is 1. The molecule has 0 saturated carbocycles. The second-order valence-corrected chi connectivity index (χ2v) is 12.1. The van der Waals surface area contributed by atoms with E-state index in [0.29, 0.717) is 22.8 Å². The zero-order valence-electron chi connectivity index (χ0n) is 19.6. The quantitative estimate of drug-likeness (QED) is 0.547. The largest absolute Gasteiger partial charge is 0.395 e. The van der Waals surface area contributed by atoms with Gasteiger partial charge in [-0.25, -0.2) is 0 Å². The smallest absolute Gasteiger partial charge is 0.248 e. The van der Waals surface area contributed by atoms with Gasteiger partial charge in [0, 0.05) is 17.0 Å². The second-order valence-electron chi connectivity index (χ2n) is 9.76. The molecular formula is C26H28ClN3O4S. The molecule has 1 spiro atoms. The molecule has 3 amide bonds. The summed E-state index contributed by atoms with van der Waals surface area (Å²) in [7, 11) is 0. The van der Waals surface area contributed by atoms with Gasteiger partial charge < -0.3 is 20.6 Å². The van der Waals surface area contributed by atoms with E-state index in [2.05, 4.69) is 10.6 Å². The van der Waals surface area contributed by atoms with Gasteiger partial charge in [0.15, 0.2) is 0 Å². The molecule has 0 aliphatic carbocycles. The summed E-state index contributed by atoms with van der Waals surface area (Å²) in [6.07, 6.45) is 1.36. The Balaban J connectivity index is 1.51. The molecule has 3 aliphatic heterocycles. The van der Waals surface area contributed by atoms with E-state index < -0.39 is 27.4 Å². The number of nitrogens with one attached hydrogen (secondary N) is 2. The maximum Gasteiger partial charge on any atom is 0.248 e. The lowest BCUT2D eigenvalue weighted by molar-refractivity contribution is -0.139. The number of aliphatic hydroxyl groups is 1. The van der Waals surface area contributed by atoms with Crippen molar-refractivity contribution >= 4 is 52.5 Å². The number of amides is 3. The standard InChI is InChI=1S/C26H28ClN3O4S/c1-15-7-6-10-17(27)20(15)29-23(33)21-26-12-11-25(2,35-26)18(19(26)24(34)30(21)13-14-31)22(32)28-16-8-4-3-5-9-16/h3-10,18-19,21,31H,11-14H2,1-2H3,(H,28,32)(H,29,33)/t18-,19-,21?,25+,26?/m0/s1. The molecule has 7 nitrogen and oxygen atoms in total. The van der Waals surface area contributed by atoms with Crippen LogP contribution in [0.3, 0.4) is 0 Å². The molecular weight excluding hydrogens is 486 g/mol. The van der Waals surface area contributed by atoms with Gasteiger partial charge in [-0.15, -0.1) is 11.8 Å². The van der Waals surface area contributed by atoms with Crippen molar-refractivity contribution in [1.82, 2.24) is 4.90 Å². The molecule has 3 aliphatic rings. The van der Waals surface area contributed by atoms with Gasteiger partial charge >= 0.3 is 0 Å². The summed E-state index contributed by atoms with van der Waals surface area (Å²) in [6.45, 7) is 3.64. The van der Waals surface area contributed by atoms with Gasteiger partial charge in [-0.1, -0.05) is 41.9 Å². The first kappa shape index (κ1) is 24.2. The van der Waals surface area contributed by atoms with Crippen LogP contribution < -0.4 is 10.6 Å². The summed E-state index contributed by atoms with van der Waals surface area (Å²) >= 11 is 7.95. The van der Waals surface area contributed by atoms with Crippen molar-refractivity contribution in [3.63, 3.8) is 0 Å². The summed E-state index contributed by atoms with van der Waals surface area (Å²) in [6, 6.07) is 13.7. The van der Waals surface area contributed by atoms with Crippen LogP contribution in [0.5, 0.6) is 0 Å². The topological polar surface area (TPSA) is 98.7 Å². The lowest BCUT2D eigenvalue weighted by atomic mass is 9.66. The summed E-state index contributed by atoms with van der Waals surface area (Å²) < 4.78 is -1.22. The minimum Gasteiger partial charge on any atom is -0.395 e. The van der Waals surface area contributed by atoms with Crippen molar-refractivity contribution in [3.05, 3.63) is 59.1 Å². The molecule has 3 N–H and O–H groups in total. The number of aliphatic hydroxyl groups excluding tert-OH is 1. The van der Waals surface area contributed by atoms with Crippen LogP contribution in [-0.4, -0.2) is 56.4 Å². The van der Waals surface area contributed by atoms with Crippen LogP contribution in [0.4, 0.5) is 11.4 Å². The van der Waals surface area contributed by atoms with E-state index >= 15 is 0 Å². The van der Waals surface area contributed by atoms with Crippen LogP contribution in [-0.2, 0) is 14.4 Å². The van der Waals surface area contributed by atoms with Crippen molar-refractivity contribution in [2.75, 3.05) is 23.8 Å². The highest BCUT2D eigenvalue weighted by Gasteiger charge is 2.77. The van der Waals surface area contributed by atoms with Gasteiger partial charge in [0.2, 0.25) is 17.7 Å². The molecule has 3 saturated heterocycles. The SMILES string of the molecule is Cc1cccc(Cl)c1NC(=O)C1N(CCO)C(=O)[C@@H]2[C@@H](C(=O)Nc3ccccc3)[C@@]3(C)CCC12S3. The molecule has 2 unspecified atom stereocenters. The average Bonchev–Trinajstić information content (AvgIpc) is 3.38. The Labute approximate surface area is 213 Å². The molecule has 5 rings (SSSR count). The van der Waals surface area contributed by atoms with E-state index in [0.717, 1.165) is 12.0 Å². The number of carbonyl (C=O) groups is 3. The van der Waals surface area contributed by atoms with E-state index in [1.165, 1.54) is 4.90 Å². The highest BCUT2D eigenvalue weighted by atomic mass is 35.5. The third-order valence-electron chi connectivity index (χ3n) is 7.66. The number of thioether (sulfide) groups is 1. The van der Waals surface area contributed by atoms with Crippen LogP contribution in [0.2, 0.25) is 5.02 Å². The minimum absolute atomic E-state index is 0.0287. The van der Waals surface area contributed by atoms with Crippen molar-refractivity contribution in [2.45, 2.75) is 42.2 Å². The number of rotatable bonds is 6. The number of anilines is 2. The monoisotopic (exact) mass is 513 g/mol. The van der Waals surface area contributed by atoms with E-state index in [1.54, 1.807) is 17.8 Å². The van der Waals surface area contributed by atoms with E-state index in [4.69, 9.17) is 11.6 Å². The van der Waals surface area contributed by atoms with Gasteiger partial charge in [0.05, 0.1) is 33.9 Å². The van der Waals surface area contributed by atoms with Crippen LogP contribution in [0.25, 0.3) is 0 Å². The number of hydrogen-bond acceptors (Lipinski definition) is 5. The van der Waals surface area contributed by atoms with Crippen LogP contribution in [0.15, 0.2) is 48.5 Å². The molecule has 184 valence electrons. The fourth-order valence-electron chi connectivity index (χ4n) is 6.20. The van der Waals surface area contributed by atoms with E-state index in [-0.39, 0.29) is 30.9 Å². The van der Waals surface area contributed by atoms with Crippen LogP contribution in [0, 0.1) is 18.8 Å². The van der Waals surface area contributed by atoms with E-state index in [9.17, 15) is 19.5 Å². The summed E-state index contributed by atoms with van der Waals surface area (Å²) in [4.78, 5) is 42.6. The molecule has 2 bridgehead atoms. The maximum atomic E-state index is 13.8. The first-order chi connectivity index (χ1) is 16.7. The Morgan fingerprint density at radius 2 is 1.86 bits per heavy atom. The second kappa shape index (κ2) is 8.84. The van der Waals surface area contributed by atoms with Gasteiger partial charge in [-0.05, 0) is 50.5 Å². The molecule has 35 heavy (non-hydrogen) atoms. The summed E-state index contributed by atoms with van der Waals surface area (Å²) in [5.74, 6) is -2.04. The number of fused-ring (bicyclic) bond motifs is 1. The first-order valence-corrected chi connectivity index (χ1v) is 12.9. The van der Waals surface area contributed by atoms with Gasteiger partial charge in [-0.2, -0.15) is 0 Å². The molecule has 5 atom stereocenters. The predicted molar refractivity (Wildman–Crippen MR) is 137 cm³/mol. The lowest BCUT2D eigenvalue weighted by Gasteiger charge is -2.35. The normalized spacial score (nSPS) is 30.9. The zero-order valence-corrected chi connectivity index (χ0v) is 21.2. The van der Waals surface area contributed by atoms with E-state index in [1.807, 2.05) is 56.3 Å². The number of nitrogens with zero attached hydrogens (tertiary/aromatic N) is 1. The third-order valence-corrected chi connectivity index (χ3v) is 9.96. The summed E-state index contributed by atoms with van der Waals surface area (Å²) in [5, 5.41) is 16.1. The molecule has 2 aromatic rings. The maximum absolute atomic E-state index is 13.8. The minimum atomic E-state index is -0.816. The Morgan fingerprint density at radius 1 is 1.11 bits per heavy atom. The summed E-state index contributed by atoms with van der Waals surface area (Å²) in [5.41, 5.74) is 2.00.